The van der Waals surface area contributed by atoms with Gasteiger partial charge in [0.15, 0.2) is 0 Å². The fraction of sp³-hybridized carbons (Fsp3) is 0.536. The highest BCUT2D eigenvalue weighted by atomic mass is 35.5. The molecule has 12 heteroatoms. The Labute approximate surface area is 238 Å². The van der Waals surface area contributed by atoms with Crippen LogP contribution < -0.4 is 15.4 Å². The Morgan fingerprint density at radius 2 is 1.88 bits per heavy atom. The van der Waals surface area contributed by atoms with Crippen LogP contribution in [0, 0.1) is 0 Å². The van der Waals surface area contributed by atoms with Crippen LogP contribution in [-0.4, -0.2) is 49.9 Å². The fourth-order valence-electron chi connectivity index (χ4n) is 5.05. The highest BCUT2D eigenvalue weighted by Crippen LogP contribution is 2.37. The van der Waals surface area contributed by atoms with Crippen molar-refractivity contribution in [1.29, 1.82) is 0 Å². The highest BCUT2D eigenvalue weighted by molar-refractivity contribution is 7.89. The Bertz CT molecular complexity index is 1350. The maximum Gasteiger partial charge on any atom is 0.416 e. The molecule has 2 heterocycles. The molecule has 2 atom stereocenters. The maximum atomic E-state index is 13.3. The van der Waals surface area contributed by atoms with Gasteiger partial charge in [-0.1, -0.05) is 23.7 Å². The van der Waals surface area contributed by atoms with E-state index >= 15 is 0 Å². The van der Waals surface area contributed by atoms with E-state index in [-0.39, 0.29) is 35.4 Å². The summed E-state index contributed by atoms with van der Waals surface area (Å²) < 4.78 is 73.3. The monoisotopic (exact) mass is 601 g/mol. The van der Waals surface area contributed by atoms with Crippen LogP contribution in [0.2, 0.25) is 5.02 Å². The van der Waals surface area contributed by atoms with E-state index in [4.69, 9.17) is 16.3 Å². The first kappa shape index (κ1) is 30.6. The molecule has 2 N–H and O–H groups in total. The van der Waals surface area contributed by atoms with Gasteiger partial charge in [-0.05, 0) is 75.4 Å². The minimum atomic E-state index is -4.72. The number of hydrogen-bond acceptors (Lipinski definition) is 5. The summed E-state index contributed by atoms with van der Waals surface area (Å²) in [6, 6.07) is 7.65. The van der Waals surface area contributed by atoms with Crippen molar-refractivity contribution in [3.8, 4) is 5.75 Å². The lowest BCUT2D eigenvalue weighted by Gasteiger charge is -2.28. The average Bonchev–Trinajstić information content (AvgIpc) is 3.34. The first-order chi connectivity index (χ1) is 18.6. The van der Waals surface area contributed by atoms with Gasteiger partial charge < -0.3 is 15.4 Å². The molecular weight excluding hydrogens is 567 g/mol. The molecule has 40 heavy (non-hydrogen) atoms. The average molecular weight is 602 g/mol. The number of amides is 1. The van der Waals surface area contributed by atoms with Gasteiger partial charge in [0.2, 0.25) is 15.9 Å². The zero-order valence-corrected chi connectivity index (χ0v) is 24.3. The van der Waals surface area contributed by atoms with Crippen molar-refractivity contribution in [3.05, 3.63) is 58.1 Å². The predicted octanol–water partition coefficient (Wildman–Crippen LogP) is 5.47. The van der Waals surface area contributed by atoms with E-state index in [0.717, 1.165) is 39.7 Å². The summed E-state index contributed by atoms with van der Waals surface area (Å²) in [4.78, 5) is 12.3. The van der Waals surface area contributed by atoms with Crippen molar-refractivity contribution in [3.63, 3.8) is 0 Å². The Morgan fingerprint density at radius 3 is 2.58 bits per heavy atom. The van der Waals surface area contributed by atoms with E-state index in [1.807, 2.05) is 18.2 Å². The van der Waals surface area contributed by atoms with Crippen LogP contribution in [0.1, 0.15) is 69.1 Å². The number of carbonyl (C=O) groups excluding carboxylic acids is 1. The quantitative estimate of drug-likeness (QED) is 0.419. The number of hydrogen-bond donors (Lipinski definition) is 2. The van der Waals surface area contributed by atoms with Crippen LogP contribution in [-0.2, 0) is 27.5 Å². The fourth-order valence-corrected chi connectivity index (χ4v) is 7.25. The molecule has 2 aromatic carbocycles. The van der Waals surface area contributed by atoms with Gasteiger partial charge in [-0.25, -0.2) is 8.42 Å². The Kier molecular flexibility index (Phi) is 9.09. The summed E-state index contributed by atoms with van der Waals surface area (Å²) in [6.07, 6.45) is -3.16. The second kappa shape index (κ2) is 11.9. The number of alkyl halides is 3. The summed E-state index contributed by atoms with van der Waals surface area (Å²) in [7, 11) is -4.34. The number of nitrogens with one attached hydrogen (secondary N) is 2. The molecule has 1 saturated heterocycles. The maximum absolute atomic E-state index is 13.3. The largest absolute Gasteiger partial charge is 0.493 e. The van der Waals surface area contributed by atoms with Gasteiger partial charge in [0, 0.05) is 43.6 Å². The van der Waals surface area contributed by atoms with Crippen molar-refractivity contribution in [2.45, 2.75) is 81.6 Å². The number of benzene rings is 2. The summed E-state index contributed by atoms with van der Waals surface area (Å²) in [5.74, 6) is 0.524. The van der Waals surface area contributed by atoms with E-state index in [2.05, 4.69) is 31.4 Å². The number of fused-ring (bicyclic) bond motifs is 1. The van der Waals surface area contributed by atoms with E-state index in [1.54, 1.807) is 0 Å². The smallest absolute Gasteiger partial charge is 0.416 e. The highest BCUT2D eigenvalue weighted by Gasteiger charge is 2.39. The molecule has 7 nitrogen and oxygen atoms in total. The molecule has 220 valence electrons. The van der Waals surface area contributed by atoms with Crippen molar-refractivity contribution in [2.24, 2.45) is 0 Å². The second-order valence-corrected chi connectivity index (χ2v) is 13.6. The molecule has 0 bridgehead atoms. The molecule has 2 aliphatic rings. The Hall–Kier alpha value is -2.34. The normalized spacial score (nSPS) is 20.2. The zero-order valence-electron chi connectivity index (χ0n) is 22.8. The van der Waals surface area contributed by atoms with Gasteiger partial charge in [0.25, 0.3) is 0 Å². The zero-order chi connectivity index (χ0) is 29.3. The lowest BCUT2D eigenvalue weighted by molar-refractivity contribution is -0.137. The van der Waals surface area contributed by atoms with Crippen LogP contribution in [0.3, 0.4) is 0 Å². The number of sulfonamides is 1. The number of nitrogens with zero attached hydrogens (tertiary/aromatic N) is 1. The van der Waals surface area contributed by atoms with E-state index < -0.39 is 32.7 Å². The molecule has 0 spiro atoms. The van der Waals surface area contributed by atoms with Gasteiger partial charge in [0.1, 0.15) is 10.6 Å². The third kappa shape index (κ3) is 7.29. The number of ether oxygens (including phenoxy) is 1. The number of rotatable bonds is 8. The summed E-state index contributed by atoms with van der Waals surface area (Å²) in [6.45, 7) is 7.99. The van der Waals surface area contributed by atoms with Crippen LogP contribution >= 0.6 is 11.6 Å². The summed E-state index contributed by atoms with van der Waals surface area (Å²) >= 11 is 6.02. The van der Waals surface area contributed by atoms with Crippen molar-refractivity contribution in [1.82, 2.24) is 14.9 Å². The van der Waals surface area contributed by atoms with Crippen molar-refractivity contribution >= 4 is 27.5 Å². The van der Waals surface area contributed by atoms with E-state index in [0.29, 0.717) is 38.6 Å². The molecule has 2 aromatic rings. The molecule has 1 amide bonds. The third-order valence-electron chi connectivity index (χ3n) is 7.20. The molecule has 0 saturated carbocycles. The van der Waals surface area contributed by atoms with Crippen LogP contribution in [0.15, 0.2) is 41.3 Å². The van der Waals surface area contributed by atoms with Gasteiger partial charge in [-0.3, -0.25) is 4.79 Å². The second-order valence-electron chi connectivity index (χ2n) is 11.4. The van der Waals surface area contributed by atoms with Gasteiger partial charge in [-0.2, -0.15) is 17.5 Å². The van der Waals surface area contributed by atoms with E-state index in [9.17, 15) is 26.4 Å². The first-order valence-electron chi connectivity index (χ1n) is 13.3. The molecule has 1 fully saturated rings. The SMILES string of the molecule is CC(C)(C)NCc1ccc2c(c1)OCCC2CNC(=O)C[C@H]1CCCN1S(=O)(=O)c1cc(C(F)(F)F)ccc1Cl. The molecule has 1 unspecified atom stereocenters. The standard InChI is InChI=1S/C28H35ClF3N3O4S/c1-27(2,3)34-16-18-6-8-22-19(10-12-39-24(22)13-18)17-33-26(36)15-21-5-4-11-35(21)40(37,38)25-14-20(28(30,31)32)7-9-23(25)29/h6-9,13-14,19,21,34H,4-5,10-12,15-17H2,1-3H3,(H,33,36)/t19?,21-/m1/s1. The minimum absolute atomic E-state index is 0.0167. The van der Waals surface area contributed by atoms with Crippen LogP contribution in [0.4, 0.5) is 13.2 Å². The van der Waals surface area contributed by atoms with Crippen LogP contribution in [0.25, 0.3) is 0 Å². The lowest BCUT2D eigenvalue weighted by atomic mass is 9.92. The molecule has 4 rings (SSSR count). The van der Waals surface area contributed by atoms with Crippen molar-refractivity contribution < 1.29 is 31.1 Å². The van der Waals surface area contributed by atoms with Gasteiger partial charge >= 0.3 is 6.18 Å². The number of halogens is 4. The Balaban J connectivity index is 1.40. The molecule has 2 aliphatic heterocycles. The Morgan fingerprint density at radius 1 is 1.12 bits per heavy atom. The third-order valence-corrected chi connectivity index (χ3v) is 9.63. The summed E-state index contributed by atoms with van der Waals surface area (Å²) in [5, 5.41) is 6.09. The lowest BCUT2D eigenvalue weighted by Crippen LogP contribution is -2.40. The summed E-state index contributed by atoms with van der Waals surface area (Å²) in [5.41, 5.74) is 0.993. The topological polar surface area (TPSA) is 87.7 Å². The molecular formula is C28H35ClF3N3O4S. The van der Waals surface area contributed by atoms with Gasteiger partial charge in [-0.15, -0.1) is 0 Å². The minimum Gasteiger partial charge on any atom is -0.493 e. The van der Waals surface area contributed by atoms with Gasteiger partial charge in [0.05, 0.1) is 17.2 Å². The number of carbonyl (C=O) groups is 1. The van der Waals surface area contributed by atoms with Crippen molar-refractivity contribution in [2.75, 3.05) is 19.7 Å². The molecule has 0 radical (unpaired) electrons. The molecule has 0 aliphatic carbocycles. The molecule has 0 aromatic heterocycles. The van der Waals surface area contributed by atoms with E-state index in [1.165, 1.54) is 0 Å². The first-order valence-corrected chi connectivity index (χ1v) is 15.1. The predicted molar refractivity (Wildman–Crippen MR) is 147 cm³/mol. The van der Waals surface area contributed by atoms with Crippen LogP contribution in [0.5, 0.6) is 5.75 Å².